The van der Waals surface area contributed by atoms with Gasteiger partial charge < -0.3 is 36.0 Å². The highest BCUT2D eigenvalue weighted by molar-refractivity contribution is 5.81. The zero-order chi connectivity index (χ0) is 17.5. The molecule has 1 fully saturated rings. The number of nitrogen functional groups attached to an aromatic ring is 1. The van der Waals surface area contributed by atoms with Gasteiger partial charge in [-0.25, -0.2) is 15.0 Å². The number of nitrogens with zero attached hydrogens (tertiary/aromatic N) is 4. The summed E-state index contributed by atoms with van der Waals surface area (Å²) in [5.41, 5.74) is 4.53. The molecule has 1 aliphatic rings. The van der Waals surface area contributed by atoms with Gasteiger partial charge in [0.2, 0.25) is 0 Å². The molecule has 0 spiro atoms. The van der Waals surface area contributed by atoms with Gasteiger partial charge in [-0.15, -0.1) is 0 Å². The van der Waals surface area contributed by atoms with E-state index in [1.165, 1.54) is 17.2 Å². The summed E-state index contributed by atoms with van der Waals surface area (Å²) < 4.78 is 7.01. The van der Waals surface area contributed by atoms with Gasteiger partial charge in [0.25, 0.3) is 0 Å². The van der Waals surface area contributed by atoms with E-state index in [0.717, 1.165) is 0 Å². The van der Waals surface area contributed by atoms with Crippen molar-refractivity contribution in [1.82, 2.24) is 19.5 Å². The standard InChI is InChI=1S/C13H19N5O6/c14-11-8-12(16-4-15-11)18(5-17-8)13(1-6(21)2-19)10(23)9(22)7(3-20)24-13/h4-7,9-10,19-23H,1-3H2,(H2,14,15,16)/t6?,7-,9-,10-,13+/m1/s1. The van der Waals surface area contributed by atoms with Crippen LogP contribution in [0.15, 0.2) is 12.7 Å². The number of anilines is 1. The summed E-state index contributed by atoms with van der Waals surface area (Å²) in [4.78, 5) is 12.0. The normalized spacial score (nSPS) is 31.6. The highest BCUT2D eigenvalue weighted by Gasteiger charge is 2.56. The third-order valence-electron chi connectivity index (χ3n) is 4.21. The van der Waals surface area contributed by atoms with Gasteiger partial charge in [0, 0.05) is 6.42 Å². The molecule has 0 bridgehead atoms. The van der Waals surface area contributed by atoms with Gasteiger partial charge in [-0.3, -0.25) is 4.57 Å². The van der Waals surface area contributed by atoms with Crippen LogP contribution >= 0.6 is 0 Å². The van der Waals surface area contributed by atoms with E-state index >= 15 is 0 Å². The van der Waals surface area contributed by atoms with E-state index in [1.54, 1.807) is 0 Å². The molecule has 2 aromatic rings. The molecule has 11 nitrogen and oxygen atoms in total. The van der Waals surface area contributed by atoms with E-state index < -0.39 is 43.4 Å². The van der Waals surface area contributed by atoms with E-state index in [2.05, 4.69) is 15.0 Å². The third kappa shape index (κ3) is 2.42. The summed E-state index contributed by atoms with van der Waals surface area (Å²) in [6.07, 6.45) is -3.03. The van der Waals surface area contributed by atoms with E-state index in [-0.39, 0.29) is 23.4 Å². The first-order valence-corrected chi connectivity index (χ1v) is 7.32. The van der Waals surface area contributed by atoms with Crippen LogP contribution in [0.5, 0.6) is 0 Å². The van der Waals surface area contributed by atoms with Crippen LogP contribution in [0.3, 0.4) is 0 Å². The minimum atomic E-state index is -1.69. The Kier molecular flexibility index (Phi) is 4.38. The molecule has 132 valence electrons. The zero-order valence-corrected chi connectivity index (χ0v) is 12.6. The first-order chi connectivity index (χ1) is 11.4. The Hall–Kier alpha value is -1.89. The van der Waals surface area contributed by atoms with Crippen molar-refractivity contribution in [2.24, 2.45) is 0 Å². The Morgan fingerprint density at radius 2 is 2.04 bits per heavy atom. The minimum Gasteiger partial charge on any atom is -0.394 e. The first kappa shape index (κ1) is 17.0. The van der Waals surface area contributed by atoms with Gasteiger partial charge in [-0.1, -0.05) is 0 Å². The topological polar surface area (TPSA) is 180 Å². The molecule has 2 aromatic heterocycles. The van der Waals surface area contributed by atoms with Gasteiger partial charge >= 0.3 is 0 Å². The smallest absolute Gasteiger partial charge is 0.179 e. The maximum atomic E-state index is 10.6. The van der Waals surface area contributed by atoms with Crippen LogP contribution in [-0.4, -0.2) is 82.7 Å². The Bertz CT molecular complexity index is 722. The summed E-state index contributed by atoms with van der Waals surface area (Å²) >= 11 is 0. The summed E-state index contributed by atoms with van der Waals surface area (Å²) in [7, 11) is 0. The Balaban J connectivity index is 2.16. The summed E-state index contributed by atoms with van der Waals surface area (Å²) in [5.74, 6) is 0.114. The second kappa shape index (κ2) is 6.20. The highest BCUT2D eigenvalue weighted by Crippen LogP contribution is 2.41. The molecule has 1 unspecified atom stereocenters. The van der Waals surface area contributed by atoms with Crippen molar-refractivity contribution in [2.75, 3.05) is 18.9 Å². The molecule has 24 heavy (non-hydrogen) atoms. The molecule has 3 rings (SSSR count). The van der Waals surface area contributed by atoms with Gasteiger partial charge in [-0.2, -0.15) is 0 Å². The molecule has 0 aromatic carbocycles. The van der Waals surface area contributed by atoms with Gasteiger partial charge in [0.1, 0.15) is 30.2 Å². The second-order valence-electron chi connectivity index (χ2n) is 5.71. The lowest BCUT2D eigenvalue weighted by molar-refractivity contribution is -0.167. The molecule has 3 heterocycles. The molecular weight excluding hydrogens is 322 g/mol. The molecule has 0 saturated carbocycles. The number of rotatable bonds is 5. The second-order valence-corrected chi connectivity index (χ2v) is 5.71. The number of nitrogens with two attached hydrogens (primary N) is 1. The van der Waals surface area contributed by atoms with Gasteiger partial charge in [0.05, 0.1) is 25.6 Å². The Morgan fingerprint density at radius 3 is 2.67 bits per heavy atom. The molecule has 1 saturated heterocycles. The van der Waals surface area contributed by atoms with E-state index in [4.69, 9.17) is 10.5 Å². The predicted molar refractivity (Wildman–Crippen MR) is 79.4 cm³/mol. The van der Waals surface area contributed by atoms with Crippen LogP contribution < -0.4 is 5.73 Å². The molecule has 5 atom stereocenters. The molecule has 7 N–H and O–H groups in total. The largest absolute Gasteiger partial charge is 0.394 e. The van der Waals surface area contributed by atoms with Crippen LogP contribution in [0.1, 0.15) is 6.42 Å². The van der Waals surface area contributed by atoms with Crippen LogP contribution in [0, 0.1) is 0 Å². The Morgan fingerprint density at radius 1 is 1.29 bits per heavy atom. The molecule has 0 aliphatic carbocycles. The van der Waals surface area contributed by atoms with E-state index in [0.29, 0.717) is 0 Å². The molecule has 0 amide bonds. The molecule has 11 heteroatoms. The van der Waals surface area contributed by atoms with Crippen LogP contribution in [-0.2, 0) is 10.5 Å². The quantitative estimate of drug-likeness (QED) is 0.326. The predicted octanol–water partition coefficient (Wildman–Crippen LogP) is -3.08. The number of aromatic nitrogens is 4. The minimum absolute atomic E-state index is 0.114. The van der Waals surface area contributed by atoms with Gasteiger partial charge in [-0.05, 0) is 0 Å². The molecule has 0 radical (unpaired) electrons. The van der Waals surface area contributed by atoms with Crippen LogP contribution in [0.2, 0.25) is 0 Å². The van der Waals surface area contributed by atoms with Crippen LogP contribution in [0.25, 0.3) is 11.2 Å². The fourth-order valence-electron chi connectivity index (χ4n) is 3.02. The number of hydrogen-bond donors (Lipinski definition) is 6. The number of aliphatic hydroxyl groups excluding tert-OH is 5. The van der Waals surface area contributed by atoms with Crippen LogP contribution in [0.4, 0.5) is 5.82 Å². The van der Waals surface area contributed by atoms with E-state index in [1.807, 2.05) is 0 Å². The van der Waals surface area contributed by atoms with Crippen molar-refractivity contribution in [3.63, 3.8) is 0 Å². The lowest BCUT2D eigenvalue weighted by Gasteiger charge is -2.35. The monoisotopic (exact) mass is 341 g/mol. The maximum Gasteiger partial charge on any atom is 0.179 e. The average molecular weight is 341 g/mol. The summed E-state index contributed by atoms with van der Waals surface area (Å²) in [6, 6.07) is 0. The fraction of sp³-hybridized carbons (Fsp3) is 0.615. The SMILES string of the molecule is Nc1ncnc2c1ncn2[C@@]1(CC(O)CO)O[C@H](CO)[C@@H](O)[C@H]1O. The van der Waals surface area contributed by atoms with Crippen molar-refractivity contribution in [3.8, 4) is 0 Å². The lowest BCUT2D eigenvalue weighted by Crippen LogP contribution is -2.48. The zero-order valence-electron chi connectivity index (χ0n) is 12.6. The lowest BCUT2D eigenvalue weighted by atomic mass is 9.96. The van der Waals surface area contributed by atoms with Crippen molar-refractivity contribution >= 4 is 17.0 Å². The van der Waals surface area contributed by atoms with Crippen molar-refractivity contribution in [2.45, 2.75) is 36.6 Å². The van der Waals surface area contributed by atoms with Crippen molar-refractivity contribution < 1.29 is 30.3 Å². The van der Waals surface area contributed by atoms with Gasteiger partial charge in [0.15, 0.2) is 17.2 Å². The number of hydrogen-bond acceptors (Lipinski definition) is 10. The van der Waals surface area contributed by atoms with E-state index in [9.17, 15) is 25.5 Å². The maximum absolute atomic E-state index is 10.6. The average Bonchev–Trinajstić information content (AvgIpc) is 3.11. The molecule has 1 aliphatic heterocycles. The number of aliphatic hydroxyl groups is 5. The first-order valence-electron chi connectivity index (χ1n) is 7.32. The molecular formula is C13H19N5O6. The number of fused-ring (bicyclic) bond motifs is 1. The third-order valence-corrected chi connectivity index (χ3v) is 4.21. The fourth-order valence-corrected chi connectivity index (χ4v) is 3.02. The van der Waals surface area contributed by atoms with Crippen molar-refractivity contribution in [3.05, 3.63) is 12.7 Å². The summed E-state index contributed by atoms with van der Waals surface area (Å²) in [5, 5.41) is 49.1. The van der Waals surface area contributed by atoms with Crippen molar-refractivity contribution in [1.29, 1.82) is 0 Å². The number of imidazole rings is 1. The Labute approximate surface area is 136 Å². The highest BCUT2D eigenvalue weighted by atomic mass is 16.6. The number of ether oxygens (including phenoxy) is 1. The summed E-state index contributed by atoms with van der Waals surface area (Å²) in [6.45, 7) is -1.12.